The van der Waals surface area contributed by atoms with E-state index >= 15 is 0 Å². The van der Waals surface area contributed by atoms with E-state index < -0.39 is 0 Å². The second-order valence-electron chi connectivity index (χ2n) is 4.03. The molecule has 2 aromatic rings. The summed E-state index contributed by atoms with van der Waals surface area (Å²) >= 11 is 0. The number of rotatable bonds is 3. The third kappa shape index (κ3) is 4.12. The van der Waals surface area contributed by atoms with Crippen LogP contribution in [0, 0.1) is 6.92 Å². The molecule has 2 rings (SSSR count). The smallest absolute Gasteiger partial charge is 0.135 e. The van der Waals surface area contributed by atoms with E-state index in [9.17, 15) is 0 Å². The molecule has 0 saturated heterocycles. The Morgan fingerprint density at radius 3 is 2.20 bits per heavy atom. The number of benzene rings is 2. The van der Waals surface area contributed by atoms with Gasteiger partial charge in [0.15, 0.2) is 0 Å². The largest absolute Gasteiger partial charge is 0.496 e. The second kappa shape index (κ2) is 8.00. The highest BCUT2D eigenvalue weighted by molar-refractivity contribution is 6.01. The zero-order valence-electron chi connectivity index (χ0n) is 12.6. The number of hydrogen-bond acceptors (Lipinski definition) is 2. The second-order valence-corrected chi connectivity index (χ2v) is 4.03. The van der Waals surface area contributed by atoms with Gasteiger partial charge in [-0.1, -0.05) is 43.7 Å². The van der Waals surface area contributed by atoms with Gasteiger partial charge in [-0.25, -0.2) is 4.99 Å². The molecule has 2 aromatic carbocycles. The first-order valence-electron chi connectivity index (χ1n) is 6.75. The van der Waals surface area contributed by atoms with E-state index in [1.807, 2.05) is 69.3 Å². The SMILES string of the molecule is CC.COc1ccccc1C(N)=Nc1ccc(C)cc1. The van der Waals surface area contributed by atoms with Crippen molar-refractivity contribution in [3.8, 4) is 5.75 Å². The topological polar surface area (TPSA) is 47.6 Å². The maximum atomic E-state index is 6.01. The normalized spacial score (nSPS) is 10.5. The fraction of sp³-hybridized carbons (Fsp3) is 0.235. The molecule has 106 valence electrons. The summed E-state index contributed by atoms with van der Waals surface area (Å²) < 4.78 is 5.26. The maximum absolute atomic E-state index is 6.01. The third-order valence-electron chi connectivity index (χ3n) is 2.67. The van der Waals surface area contributed by atoms with Gasteiger partial charge in [-0.3, -0.25) is 0 Å². The number of amidine groups is 1. The van der Waals surface area contributed by atoms with Crippen molar-refractivity contribution >= 4 is 11.5 Å². The molecule has 0 atom stereocenters. The monoisotopic (exact) mass is 270 g/mol. The van der Waals surface area contributed by atoms with Crippen LogP contribution in [0.4, 0.5) is 5.69 Å². The van der Waals surface area contributed by atoms with Crippen LogP contribution in [0.25, 0.3) is 0 Å². The molecule has 0 bridgehead atoms. The number of para-hydroxylation sites is 1. The molecule has 3 heteroatoms. The minimum atomic E-state index is 0.455. The Bertz CT molecular complexity index is 559. The van der Waals surface area contributed by atoms with E-state index in [1.54, 1.807) is 7.11 Å². The van der Waals surface area contributed by atoms with Crippen molar-refractivity contribution in [1.82, 2.24) is 0 Å². The van der Waals surface area contributed by atoms with Crippen LogP contribution in [0.15, 0.2) is 53.5 Å². The Morgan fingerprint density at radius 2 is 1.60 bits per heavy atom. The lowest BCUT2D eigenvalue weighted by molar-refractivity contribution is 0.414. The van der Waals surface area contributed by atoms with Gasteiger partial charge < -0.3 is 10.5 Å². The van der Waals surface area contributed by atoms with E-state index in [0.717, 1.165) is 17.0 Å². The molecule has 0 radical (unpaired) electrons. The number of aliphatic imine (C=N–C) groups is 1. The van der Waals surface area contributed by atoms with Crippen molar-refractivity contribution in [2.75, 3.05) is 7.11 Å². The minimum absolute atomic E-state index is 0.455. The van der Waals surface area contributed by atoms with Gasteiger partial charge in [0.25, 0.3) is 0 Å². The summed E-state index contributed by atoms with van der Waals surface area (Å²) in [7, 11) is 1.62. The zero-order chi connectivity index (χ0) is 15.0. The lowest BCUT2D eigenvalue weighted by atomic mass is 10.2. The van der Waals surface area contributed by atoms with Crippen LogP contribution in [-0.2, 0) is 0 Å². The molecule has 0 aliphatic heterocycles. The summed E-state index contributed by atoms with van der Waals surface area (Å²) in [6.07, 6.45) is 0. The van der Waals surface area contributed by atoms with E-state index in [1.165, 1.54) is 5.56 Å². The lowest BCUT2D eigenvalue weighted by Crippen LogP contribution is -2.13. The van der Waals surface area contributed by atoms with Gasteiger partial charge in [-0.05, 0) is 31.2 Å². The first kappa shape index (κ1) is 15.8. The van der Waals surface area contributed by atoms with Crippen molar-refractivity contribution < 1.29 is 4.74 Å². The summed E-state index contributed by atoms with van der Waals surface area (Å²) in [5, 5.41) is 0. The zero-order valence-corrected chi connectivity index (χ0v) is 12.6. The first-order chi connectivity index (χ1) is 9.70. The Labute approximate surface area is 121 Å². The molecule has 0 aliphatic rings. The van der Waals surface area contributed by atoms with Crippen molar-refractivity contribution in [2.24, 2.45) is 10.7 Å². The molecular formula is C17H22N2O. The predicted molar refractivity (Wildman–Crippen MR) is 85.9 cm³/mol. The molecule has 0 amide bonds. The average Bonchev–Trinajstić information content (AvgIpc) is 2.51. The maximum Gasteiger partial charge on any atom is 0.135 e. The summed E-state index contributed by atoms with van der Waals surface area (Å²) in [5.74, 6) is 1.18. The van der Waals surface area contributed by atoms with Gasteiger partial charge in [-0.15, -0.1) is 0 Å². The minimum Gasteiger partial charge on any atom is -0.496 e. The Balaban J connectivity index is 0.000000956. The molecule has 0 heterocycles. The fourth-order valence-electron chi connectivity index (χ4n) is 1.67. The first-order valence-corrected chi connectivity index (χ1v) is 6.75. The summed E-state index contributed by atoms with van der Waals surface area (Å²) in [6, 6.07) is 15.5. The third-order valence-corrected chi connectivity index (χ3v) is 2.67. The lowest BCUT2D eigenvalue weighted by Gasteiger charge is -2.07. The van der Waals surface area contributed by atoms with E-state index in [-0.39, 0.29) is 0 Å². The highest BCUT2D eigenvalue weighted by atomic mass is 16.5. The standard InChI is InChI=1S/C15H16N2O.C2H6/c1-11-7-9-12(10-8-11)17-15(16)13-5-3-4-6-14(13)18-2;1-2/h3-10H,1-2H3,(H2,16,17);1-2H3. The van der Waals surface area contributed by atoms with Gasteiger partial charge in [0, 0.05) is 0 Å². The van der Waals surface area contributed by atoms with Gasteiger partial charge in [-0.2, -0.15) is 0 Å². The van der Waals surface area contributed by atoms with Crippen LogP contribution in [0.1, 0.15) is 25.0 Å². The quantitative estimate of drug-likeness (QED) is 0.675. The number of nitrogens with two attached hydrogens (primary N) is 1. The Hall–Kier alpha value is -2.29. The molecule has 2 N–H and O–H groups in total. The number of hydrogen-bond donors (Lipinski definition) is 1. The molecule has 0 unspecified atom stereocenters. The molecule has 0 aromatic heterocycles. The molecule has 20 heavy (non-hydrogen) atoms. The highest BCUT2D eigenvalue weighted by Gasteiger charge is 2.05. The summed E-state index contributed by atoms with van der Waals surface area (Å²) in [4.78, 5) is 4.39. The van der Waals surface area contributed by atoms with Crippen LogP contribution < -0.4 is 10.5 Å². The summed E-state index contributed by atoms with van der Waals surface area (Å²) in [5.41, 5.74) is 8.85. The number of ether oxygens (including phenoxy) is 1. The molecule has 0 aliphatic carbocycles. The van der Waals surface area contributed by atoms with Gasteiger partial charge >= 0.3 is 0 Å². The molecule has 0 saturated carbocycles. The van der Waals surface area contributed by atoms with Gasteiger partial charge in [0.2, 0.25) is 0 Å². The van der Waals surface area contributed by atoms with Gasteiger partial charge in [0.05, 0.1) is 18.4 Å². The van der Waals surface area contributed by atoms with Crippen LogP contribution in [0.3, 0.4) is 0 Å². The number of aryl methyl sites for hydroxylation is 1. The van der Waals surface area contributed by atoms with Crippen molar-refractivity contribution in [3.63, 3.8) is 0 Å². The summed E-state index contributed by atoms with van der Waals surface area (Å²) in [6.45, 7) is 6.04. The Morgan fingerprint density at radius 1 is 1.00 bits per heavy atom. The highest BCUT2D eigenvalue weighted by Crippen LogP contribution is 2.19. The fourth-order valence-corrected chi connectivity index (χ4v) is 1.67. The van der Waals surface area contributed by atoms with Crippen LogP contribution in [0.2, 0.25) is 0 Å². The Kier molecular flexibility index (Phi) is 6.30. The average molecular weight is 270 g/mol. The number of methoxy groups -OCH3 is 1. The number of nitrogens with zero attached hydrogens (tertiary/aromatic N) is 1. The van der Waals surface area contributed by atoms with Crippen LogP contribution >= 0.6 is 0 Å². The predicted octanol–water partition coefficient (Wildman–Crippen LogP) is 4.07. The van der Waals surface area contributed by atoms with Crippen LogP contribution in [0.5, 0.6) is 5.75 Å². The van der Waals surface area contributed by atoms with E-state index in [4.69, 9.17) is 10.5 Å². The molecular weight excluding hydrogens is 248 g/mol. The van der Waals surface area contributed by atoms with E-state index in [2.05, 4.69) is 4.99 Å². The van der Waals surface area contributed by atoms with Crippen molar-refractivity contribution in [2.45, 2.75) is 20.8 Å². The van der Waals surface area contributed by atoms with E-state index in [0.29, 0.717) is 5.84 Å². The molecule has 3 nitrogen and oxygen atoms in total. The molecule has 0 spiro atoms. The van der Waals surface area contributed by atoms with Crippen molar-refractivity contribution in [3.05, 3.63) is 59.7 Å². The van der Waals surface area contributed by atoms with Gasteiger partial charge in [0.1, 0.15) is 11.6 Å². The molecule has 0 fully saturated rings. The van der Waals surface area contributed by atoms with Crippen LogP contribution in [-0.4, -0.2) is 12.9 Å². The van der Waals surface area contributed by atoms with Crippen molar-refractivity contribution in [1.29, 1.82) is 0 Å².